The summed E-state index contributed by atoms with van der Waals surface area (Å²) >= 11 is 0. The summed E-state index contributed by atoms with van der Waals surface area (Å²) < 4.78 is 27.0. The van der Waals surface area contributed by atoms with Gasteiger partial charge in [-0.3, -0.25) is 4.79 Å². The summed E-state index contributed by atoms with van der Waals surface area (Å²) in [6.45, 7) is 0.0887. The van der Waals surface area contributed by atoms with Crippen molar-refractivity contribution in [1.29, 1.82) is 0 Å². The highest BCUT2D eigenvalue weighted by Gasteiger charge is 2.21. The topological polar surface area (TPSA) is 144 Å². The van der Waals surface area contributed by atoms with Crippen LogP contribution in [0, 0.1) is 11.6 Å². The lowest BCUT2D eigenvalue weighted by Gasteiger charge is -2.17. The summed E-state index contributed by atoms with van der Waals surface area (Å²) in [5, 5.41) is 25.9. The molecule has 1 aromatic heterocycles. The van der Waals surface area contributed by atoms with Crippen LogP contribution in [0.5, 0.6) is 0 Å². The minimum atomic E-state index is -1.27. The number of nitrogens with one attached hydrogen (secondary N) is 4. The van der Waals surface area contributed by atoms with Crippen molar-refractivity contribution in [3.8, 4) is 22.3 Å². The third-order valence-electron chi connectivity index (χ3n) is 6.18. The second kappa shape index (κ2) is 12.1. The number of carbonyl (C=O) groups excluding carboxylic acids is 1. The number of H-pyrrole nitrogens is 1. The molecule has 0 unspecified atom stereocenters. The molecule has 0 spiro atoms. The van der Waals surface area contributed by atoms with Crippen LogP contribution in [0.2, 0.25) is 0 Å². The average molecular weight is 537 g/mol. The Morgan fingerprint density at radius 1 is 0.795 bits per heavy atom. The van der Waals surface area contributed by atoms with E-state index in [0.717, 1.165) is 11.1 Å². The first-order chi connectivity index (χ1) is 18.7. The van der Waals surface area contributed by atoms with Crippen molar-refractivity contribution in [2.75, 3.05) is 13.1 Å². The van der Waals surface area contributed by atoms with Gasteiger partial charge in [-0.05, 0) is 59.9 Å². The zero-order valence-electron chi connectivity index (χ0n) is 20.6. The van der Waals surface area contributed by atoms with Crippen LogP contribution in [0.1, 0.15) is 23.3 Å². The van der Waals surface area contributed by atoms with Crippen molar-refractivity contribution in [2.24, 2.45) is 0 Å². The zero-order valence-corrected chi connectivity index (χ0v) is 20.6. The Balaban J connectivity index is 1.63. The maximum Gasteiger partial charge on any atom is 0.404 e. The third kappa shape index (κ3) is 6.89. The van der Waals surface area contributed by atoms with Crippen LogP contribution in [0.15, 0.2) is 66.7 Å². The smallest absolute Gasteiger partial charge is 0.404 e. The van der Waals surface area contributed by atoms with E-state index in [1.807, 2.05) is 18.2 Å². The highest BCUT2D eigenvalue weighted by Crippen LogP contribution is 2.35. The summed E-state index contributed by atoms with van der Waals surface area (Å²) in [7, 11) is 0. The lowest BCUT2D eigenvalue weighted by Crippen LogP contribution is -2.43. The summed E-state index contributed by atoms with van der Waals surface area (Å²) in [6.07, 6.45) is -1.81. The minimum absolute atomic E-state index is 0.0444. The van der Waals surface area contributed by atoms with Crippen molar-refractivity contribution >= 4 is 29.0 Å². The van der Waals surface area contributed by atoms with Gasteiger partial charge in [0.15, 0.2) is 0 Å². The Morgan fingerprint density at radius 3 is 2.03 bits per heavy atom. The number of hydrogen-bond acceptors (Lipinski definition) is 3. The number of carbonyl (C=O) groups is 3. The van der Waals surface area contributed by atoms with Gasteiger partial charge in [-0.2, -0.15) is 0 Å². The Kier molecular flexibility index (Phi) is 8.40. The van der Waals surface area contributed by atoms with Gasteiger partial charge in [0, 0.05) is 35.6 Å². The average Bonchev–Trinajstić information content (AvgIpc) is 3.29. The van der Waals surface area contributed by atoms with Gasteiger partial charge in [0.25, 0.3) is 5.91 Å². The van der Waals surface area contributed by atoms with Crippen LogP contribution in [0.25, 0.3) is 33.2 Å². The van der Waals surface area contributed by atoms with Gasteiger partial charge in [0.05, 0.1) is 0 Å². The SMILES string of the molecule is O=C(O)NCCC[C@H](CNC(=O)c1[nH]c2cc(-c3ccc(F)cc3)ccc2c1-c1ccc(F)cc1)NC(=O)O. The van der Waals surface area contributed by atoms with Gasteiger partial charge in [0.2, 0.25) is 0 Å². The number of amides is 3. The van der Waals surface area contributed by atoms with Crippen LogP contribution in [-0.4, -0.2) is 52.4 Å². The molecule has 9 nitrogen and oxygen atoms in total. The molecule has 0 aliphatic rings. The molecule has 0 bridgehead atoms. The molecule has 202 valence electrons. The molecule has 0 fully saturated rings. The molecule has 0 saturated heterocycles. The molecule has 39 heavy (non-hydrogen) atoms. The summed E-state index contributed by atoms with van der Waals surface area (Å²) in [5.41, 5.74) is 3.55. The minimum Gasteiger partial charge on any atom is -0.465 e. The number of benzene rings is 3. The number of aromatic amines is 1. The number of hydrogen-bond donors (Lipinski definition) is 6. The van der Waals surface area contributed by atoms with E-state index in [4.69, 9.17) is 10.2 Å². The highest BCUT2D eigenvalue weighted by atomic mass is 19.1. The number of halogens is 2. The highest BCUT2D eigenvalue weighted by molar-refractivity contribution is 6.10. The van der Waals surface area contributed by atoms with Gasteiger partial charge < -0.3 is 31.1 Å². The van der Waals surface area contributed by atoms with Crippen LogP contribution in [0.4, 0.5) is 18.4 Å². The van der Waals surface area contributed by atoms with Crippen molar-refractivity contribution < 1.29 is 33.4 Å². The first-order valence-electron chi connectivity index (χ1n) is 12.1. The molecule has 0 aliphatic heterocycles. The molecule has 0 saturated carbocycles. The molecule has 11 heteroatoms. The van der Waals surface area contributed by atoms with E-state index < -0.39 is 30.0 Å². The second-order valence-electron chi connectivity index (χ2n) is 8.88. The Hall–Kier alpha value is -4.93. The van der Waals surface area contributed by atoms with Gasteiger partial charge in [-0.25, -0.2) is 18.4 Å². The van der Waals surface area contributed by atoms with Crippen LogP contribution >= 0.6 is 0 Å². The monoisotopic (exact) mass is 536 g/mol. The second-order valence-corrected chi connectivity index (χ2v) is 8.88. The molecule has 0 aliphatic carbocycles. The number of fused-ring (bicyclic) bond motifs is 1. The molecular weight excluding hydrogens is 510 g/mol. The number of aromatic nitrogens is 1. The van der Waals surface area contributed by atoms with E-state index in [1.165, 1.54) is 24.3 Å². The molecule has 3 amide bonds. The number of rotatable bonds is 10. The lowest BCUT2D eigenvalue weighted by molar-refractivity contribution is 0.0944. The van der Waals surface area contributed by atoms with E-state index in [0.29, 0.717) is 28.5 Å². The standard InChI is InChI=1S/C28H26F2N4O5/c29-19-8-3-16(4-9-19)18-7-12-22-23(14-18)34-25(24(22)17-5-10-20(30)11-6-17)26(35)32-15-21(33-28(38)39)2-1-13-31-27(36)37/h3-12,14,21,31,33-34H,1-2,13,15H2,(H,32,35)(H,36,37)(H,38,39)/t21-/m1/s1. The molecule has 0 radical (unpaired) electrons. The van der Waals surface area contributed by atoms with E-state index in [2.05, 4.69) is 20.9 Å². The lowest BCUT2D eigenvalue weighted by atomic mass is 9.99. The molecule has 3 aromatic carbocycles. The molecule has 1 heterocycles. The predicted octanol–water partition coefficient (Wildman–Crippen LogP) is 5.19. The number of carboxylic acid groups (broad SMARTS) is 2. The van der Waals surface area contributed by atoms with Crippen LogP contribution in [0.3, 0.4) is 0 Å². The third-order valence-corrected chi connectivity index (χ3v) is 6.18. The molecule has 4 rings (SSSR count). The van der Waals surface area contributed by atoms with Gasteiger partial charge in [0.1, 0.15) is 17.3 Å². The fourth-order valence-electron chi connectivity index (χ4n) is 4.35. The van der Waals surface area contributed by atoms with Crippen molar-refractivity contribution in [1.82, 2.24) is 20.9 Å². The van der Waals surface area contributed by atoms with Gasteiger partial charge in [-0.15, -0.1) is 0 Å². The van der Waals surface area contributed by atoms with Crippen LogP contribution in [-0.2, 0) is 0 Å². The Bertz CT molecular complexity index is 1490. The first-order valence-corrected chi connectivity index (χ1v) is 12.1. The molecular formula is C28H26F2N4O5. The van der Waals surface area contributed by atoms with E-state index in [-0.39, 0.29) is 31.0 Å². The van der Waals surface area contributed by atoms with Gasteiger partial charge >= 0.3 is 12.2 Å². The Morgan fingerprint density at radius 2 is 1.41 bits per heavy atom. The normalized spacial score (nSPS) is 11.6. The van der Waals surface area contributed by atoms with E-state index in [9.17, 15) is 23.2 Å². The largest absolute Gasteiger partial charge is 0.465 e. The van der Waals surface area contributed by atoms with Crippen molar-refractivity contribution in [3.05, 3.63) is 84.1 Å². The van der Waals surface area contributed by atoms with E-state index >= 15 is 0 Å². The summed E-state index contributed by atoms with van der Waals surface area (Å²) in [5.74, 6) is -1.29. The molecule has 1 atom stereocenters. The van der Waals surface area contributed by atoms with Crippen LogP contribution < -0.4 is 16.0 Å². The maximum atomic E-state index is 13.7. The van der Waals surface area contributed by atoms with Crippen molar-refractivity contribution in [3.63, 3.8) is 0 Å². The first kappa shape index (κ1) is 27.1. The zero-order chi connectivity index (χ0) is 27.9. The maximum absolute atomic E-state index is 13.7. The Labute approximate surface area is 221 Å². The van der Waals surface area contributed by atoms with Crippen molar-refractivity contribution in [2.45, 2.75) is 18.9 Å². The fourth-order valence-corrected chi connectivity index (χ4v) is 4.35. The van der Waals surface area contributed by atoms with Gasteiger partial charge in [-0.1, -0.05) is 36.4 Å². The molecule has 6 N–H and O–H groups in total. The molecule has 4 aromatic rings. The summed E-state index contributed by atoms with van der Waals surface area (Å²) in [4.78, 5) is 38.3. The van der Waals surface area contributed by atoms with E-state index in [1.54, 1.807) is 24.3 Å². The quantitative estimate of drug-likeness (QED) is 0.155. The fraction of sp³-hybridized carbons (Fsp3) is 0.179. The predicted molar refractivity (Wildman–Crippen MR) is 142 cm³/mol. The summed E-state index contributed by atoms with van der Waals surface area (Å²) in [6, 6.07) is 16.6.